The topological polar surface area (TPSA) is 27.6 Å². The largest absolute Gasteiger partial charge is 0.340 e. The summed E-state index contributed by atoms with van der Waals surface area (Å²) >= 11 is 0. The van der Waals surface area contributed by atoms with Gasteiger partial charge in [0.1, 0.15) is 5.84 Å². The summed E-state index contributed by atoms with van der Waals surface area (Å²) in [6, 6.07) is 75.9. The average molecular weight is 818 g/mol. The highest BCUT2D eigenvalue weighted by Gasteiger charge is 2.57. The summed E-state index contributed by atoms with van der Waals surface area (Å²) in [5.41, 5.74) is 15.5. The van der Waals surface area contributed by atoms with Crippen molar-refractivity contribution in [3.05, 3.63) is 276 Å². The number of hydrogen-bond donors (Lipinski definition) is 1. The lowest BCUT2D eigenvalue weighted by atomic mass is 9.60. The molecule has 2 aliphatic carbocycles. The lowest BCUT2D eigenvalue weighted by molar-refractivity contribution is 0.455. The summed E-state index contributed by atoms with van der Waals surface area (Å²) in [5, 5.41) is 8.73. The van der Waals surface area contributed by atoms with Crippen LogP contribution in [0.2, 0.25) is 0 Å². The first-order valence-electron chi connectivity index (χ1n) is 22.4. The fourth-order valence-electron chi connectivity index (χ4n) is 11.2. The van der Waals surface area contributed by atoms with Crippen molar-refractivity contribution in [2.24, 2.45) is 10.9 Å². The van der Waals surface area contributed by atoms with Gasteiger partial charge in [0.2, 0.25) is 0 Å². The van der Waals surface area contributed by atoms with Crippen LogP contribution in [0.25, 0.3) is 38.4 Å². The zero-order valence-corrected chi connectivity index (χ0v) is 35.1. The Morgan fingerprint density at radius 3 is 1.70 bits per heavy atom. The summed E-state index contributed by atoms with van der Waals surface area (Å²) < 4.78 is 0. The number of para-hydroxylation sites is 1. The second-order valence-electron chi connectivity index (χ2n) is 17.5. The summed E-state index contributed by atoms with van der Waals surface area (Å²) in [6.45, 7) is 0. The van der Waals surface area contributed by atoms with Crippen molar-refractivity contribution in [3.63, 3.8) is 0 Å². The highest BCUT2D eigenvalue weighted by atomic mass is 15.2. The van der Waals surface area contributed by atoms with Gasteiger partial charge in [0.15, 0.2) is 0 Å². The molecule has 3 nitrogen and oxygen atoms in total. The number of aliphatic imine (C=N–C) groups is 1. The molecule has 2 aliphatic heterocycles. The zero-order valence-electron chi connectivity index (χ0n) is 35.1. The van der Waals surface area contributed by atoms with Crippen LogP contribution in [-0.4, -0.2) is 5.84 Å². The van der Waals surface area contributed by atoms with Gasteiger partial charge in [-0.2, -0.15) is 0 Å². The molecule has 0 fully saturated rings. The maximum atomic E-state index is 5.20. The first kappa shape index (κ1) is 36.6. The predicted octanol–water partition coefficient (Wildman–Crippen LogP) is 14.7. The fourth-order valence-corrected chi connectivity index (χ4v) is 11.2. The molecule has 9 aromatic rings. The second kappa shape index (κ2) is 14.5. The van der Waals surface area contributed by atoms with Crippen molar-refractivity contribution in [1.29, 1.82) is 0 Å². The van der Waals surface area contributed by atoms with E-state index in [0.29, 0.717) is 0 Å². The maximum absolute atomic E-state index is 5.20. The van der Waals surface area contributed by atoms with Gasteiger partial charge in [-0.05, 0) is 115 Å². The molecule has 3 heteroatoms. The number of nitrogens with one attached hydrogen (secondary N) is 1. The van der Waals surface area contributed by atoms with Crippen molar-refractivity contribution in [2.75, 3.05) is 4.90 Å². The van der Waals surface area contributed by atoms with E-state index in [9.17, 15) is 0 Å². The number of nitrogens with zero attached hydrogens (tertiary/aromatic N) is 2. The molecule has 1 spiro atoms. The van der Waals surface area contributed by atoms with Gasteiger partial charge in [-0.1, -0.05) is 188 Å². The molecule has 3 unspecified atom stereocenters. The van der Waals surface area contributed by atoms with Crippen molar-refractivity contribution >= 4 is 50.1 Å². The Morgan fingerprint density at radius 2 is 1.02 bits per heavy atom. The summed E-state index contributed by atoms with van der Waals surface area (Å²) in [4.78, 5) is 7.72. The van der Waals surface area contributed by atoms with Gasteiger partial charge < -0.3 is 10.2 Å². The molecule has 0 aromatic heterocycles. The molecule has 2 heterocycles. The van der Waals surface area contributed by atoms with Crippen LogP contribution in [-0.2, 0) is 5.41 Å². The van der Waals surface area contributed by atoms with Crippen LogP contribution >= 0.6 is 0 Å². The van der Waals surface area contributed by atoms with Crippen molar-refractivity contribution in [2.45, 2.75) is 17.4 Å². The number of allylic oxidation sites excluding steroid dienone is 4. The van der Waals surface area contributed by atoms with E-state index in [-0.39, 0.29) is 17.9 Å². The van der Waals surface area contributed by atoms with Crippen LogP contribution in [0.15, 0.2) is 242 Å². The molecule has 4 aliphatic rings. The Kier molecular flexibility index (Phi) is 8.32. The van der Waals surface area contributed by atoms with Gasteiger partial charge in [0.05, 0.1) is 22.8 Å². The molecular weight excluding hydrogens is 775 g/mol. The van der Waals surface area contributed by atoms with E-state index in [1.165, 1.54) is 71.9 Å². The quantitative estimate of drug-likeness (QED) is 0.187. The Hall–Kier alpha value is -8.01. The number of amidine groups is 1. The number of benzene rings is 9. The monoisotopic (exact) mass is 817 g/mol. The smallest absolute Gasteiger partial charge is 0.133 e. The first-order valence-corrected chi connectivity index (χ1v) is 22.4. The molecule has 13 rings (SSSR count). The van der Waals surface area contributed by atoms with Crippen LogP contribution in [0.3, 0.4) is 0 Å². The molecule has 0 radical (unpaired) electrons. The number of anilines is 3. The third-order valence-corrected chi connectivity index (χ3v) is 14.1. The van der Waals surface area contributed by atoms with Gasteiger partial charge >= 0.3 is 0 Å². The molecule has 3 atom stereocenters. The molecule has 0 saturated carbocycles. The number of fused-ring (bicyclic) bond motifs is 11. The second-order valence-corrected chi connectivity index (χ2v) is 17.5. The molecule has 64 heavy (non-hydrogen) atoms. The lowest BCUT2D eigenvalue weighted by Crippen LogP contribution is -2.40. The molecule has 0 bridgehead atoms. The molecule has 0 saturated heterocycles. The Balaban J connectivity index is 1.00. The zero-order chi connectivity index (χ0) is 42.2. The van der Waals surface area contributed by atoms with Gasteiger partial charge in [0.25, 0.3) is 0 Å². The summed E-state index contributed by atoms with van der Waals surface area (Å²) in [6.07, 6.45) is 11.8. The van der Waals surface area contributed by atoms with Crippen molar-refractivity contribution in [3.8, 4) is 11.1 Å². The van der Waals surface area contributed by atoms with Gasteiger partial charge in [-0.25, -0.2) is 0 Å². The van der Waals surface area contributed by atoms with Crippen LogP contribution in [0.1, 0.15) is 50.9 Å². The van der Waals surface area contributed by atoms with E-state index in [4.69, 9.17) is 4.99 Å². The molecule has 0 amide bonds. The Bertz CT molecular complexity index is 3350. The Morgan fingerprint density at radius 1 is 0.453 bits per heavy atom. The Labute approximate surface area is 373 Å². The molecule has 9 aromatic carbocycles. The van der Waals surface area contributed by atoms with Crippen molar-refractivity contribution in [1.82, 2.24) is 5.32 Å². The van der Waals surface area contributed by atoms with E-state index >= 15 is 0 Å². The fraction of sp³-hybridized carbons (Fsp3) is 0.0656. The van der Waals surface area contributed by atoms with Crippen LogP contribution < -0.4 is 10.2 Å². The van der Waals surface area contributed by atoms with Gasteiger partial charge in [-0.3, -0.25) is 4.99 Å². The van der Waals surface area contributed by atoms with Crippen molar-refractivity contribution < 1.29 is 0 Å². The normalized spacial score (nSPS) is 18.8. The molecule has 302 valence electrons. The van der Waals surface area contributed by atoms with E-state index in [2.05, 4.69) is 247 Å². The minimum absolute atomic E-state index is 0.108. The van der Waals surface area contributed by atoms with Crippen LogP contribution in [0.4, 0.5) is 17.1 Å². The summed E-state index contributed by atoms with van der Waals surface area (Å²) in [5.74, 6) is 1.22. The predicted molar refractivity (Wildman–Crippen MR) is 266 cm³/mol. The van der Waals surface area contributed by atoms with E-state index in [1.54, 1.807) is 0 Å². The third-order valence-electron chi connectivity index (χ3n) is 14.1. The van der Waals surface area contributed by atoms with Crippen LogP contribution in [0.5, 0.6) is 0 Å². The minimum atomic E-state index is -0.456. The SMILES string of the molecule is C1=CC2c3cc(-c4cccc(C5=CC(c6ccccc6)N=C(c6ccccc6)N5)c4)ccc3C3(c4cc5ccccc5cc4N(c4ccccc4)c4cc5ccccc5cc43)C2C=C1. The maximum Gasteiger partial charge on any atom is 0.133 e. The summed E-state index contributed by atoms with van der Waals surface area (Å²) in [7, 11) is 0. The van der Waals surface area contributed by atoms with E-state index in [1.807, 2.05) is 0 Å². The highest BCUT2D eigenvalue weighted by molar-refractivity contribution is 6.05. The number of hydrogen-bond acceptors (Lipinski definition) is 3. The first-order chi connectivity index (χ1) is 31.7. The van der Waals surface area contributed by atoms with Crippen LogP contribution in [0, 0.1) is 5.92 Å². The minimum Gasteiger partial charge on any atom is -0.340 e. The number of rotatable bonds is 5. The highest BCUT2D eigenvalue weighted by Crippen LogP contribution is 2.66. The molecular formula is C61H43N3. The molecule has 1 N–H and O–H groups in total. The third kappa shape index (κ3) is 5.64. The lowest BCUT2D eigenvalue weighted by Gasteiger charge is -2.48. The standard InChI is InChI=1S/C61H43N3/c1-4-17-40(18-5-1)56-39-57(63-60(62-56)41-19-6-2-7-20-41)48-26-16-25-42(33-48)47-31-32-53-51(34-47)50-29-14-15-30-52(50)61(53)54-35-43-21-10-12-23-45(43)37-58(54)64(49-27-8-3-9-28-49)59-38-46-24-13-11-22-44(46)36-55(59)61/h1-39,50,52,56H,(H,62,63). The van der Waals surface area contributed by atoms with E-state index < -0.39 is 5.41 Å². The van der Waals surface area contributed by atoms with Gasteiger partial charge in [0, 0.05) is 28.8 Å². The van der Waals surface area contributed by atoms with E-state index in [0.717, 1.165) is 28.3 Å². The average Bonchev–Trinajstić information content (AvgIpc) is 3.66. The van der Waals surface area contributed by atoms with Gasteiger partial charge in [-0.15, -0.1) is 0 Å².